The molecule has 76 heavy (non-hydrogen) atoms. The minimum Gasteiger partial charge on any atom is -0.463 e. The summed E-state index contributed by atoms with van der Waals surface area (Å²) >= 11 is 3.28. The number of fused-ring (bicyclic) bond motifs is 12. The molecule has 0 radical (unpaired) electrons. The number of rotatable bonds is 6. The van der Waals surface area contributed by atoms with Crippen LogP contribution >= 0.6 is 23.5 Å². The summed E-state index contributed by atoms with van der Waals surface area (Å²) in [4.78, 5) is 56.4. The molecule has 0 aromatic heterocycles. The molecule has 8 aliphatic carbocycles. The fraction of sp³-hybridized carbons (Fsp3) is 0.750. The first-order valence-corrected chi connectivity index (χ1v) is 31.8. The van der Waals surface area contributed by atoms with Crippen molar-refractivity contribution in [3.63, 3.8) is 0 Å². The minimum atomic E-state index is -0.683. The van der Waals surface area contributed by atoms with Gasteiger partial charge in [0, 0.05) is 46.3 Å². The van der Waals surface area contributed by atoms with Gasteiger partial charge in [-0.3, -0.25) is 19.2 Å². The van der Waals surface area contributed by atoms with E-state index in [2.05, 4.69) is 76.2 Å². The highest BCUT2D eigenvalue weighted by Gasteiger charge is 2.71. The largest absolute Gasteiger partial charge is 0.463 e. The lowest BCUT2D eigenvalue weighted by atomic mass is 9.43. The van der Waals surface area contributed by atoms with Crippen LogP contribution in [0.3, 0.4) is 0 Å². The number of benzene rings is 2. The molecule has 13 rings (SSSR count). The molecule has 412 valence electrons. The van der Waals surface area contributed by atoms with Crippen LogP contribution < -0.4 is 0 Å². The molecule has 3 heterocycles. The van der Waals surface area contributed by atoms with Gasteiger partial charge in [0.15, 0.2) is 0 Å². The molecular formula is C64H84O10S2. The smallest absolute Gasteiger partial charge is 0.321 e. The first-order chi connectivity index (χ1) is 36.5. The third-order valence-electron chi connectivity index (χ3n) is 24.5. The highest BCUT2D eigenvalue weighted by atomic mass is 32.2. The van der Waals surface area contributed by atoms with Gasteiger partial charge in [-0.15, -0.1) is 23.5 Å². The Morgan fingerprint density at radius 3 is 1.24 bits per heavy atom. The topological polar surface area (TPSA) is 124 Å². The van der Waals surface area contributed by atoms with Crippen molar-refractivity contribution in [2.24, 2.45) is 92.7 Å². The van der Waals surface area contributed by atoms with Gasteiger partial charge >= 0.3 is 23.9 Å². The zero-order valence-corrected chi connectivity index (χ0v) is 47.6. The Labute approximate surface area is 460 Å². The molecule has 0 N–H and O–H groups in total. The minimum absolute atomic E-state index is 0.0260. The van der Waals surface area contributed by atoms with Crippen molar-refractivity contribution in [2.45, 2.75) is 214 Å². The summed E-state index contributed by atoms with van der Waals surface area (Å²) in [5, 5.41) is -0.738. The van der Waals surface area contributed by atoms with Gasteiger partial charge in [-0.1, -0.05) is 64.1 Å². The zero-order valence-electron chi connectivity index (χ0n) is 45.9. The first kappa shape index (κ1) is 52.3. The Morgan fingerprint density at radius 1 is 0.474 bits per heavy atom. The van der Waals surface area contributed by atoms with Gasteiger partial charge in [0.05, 0.1) is 12.2 Å². The highest BCUT2D eigenvalue weighted by molar-refractivity contribution is 8.00. The van der Waals surface area contributed by atoms with E-state index < -0.39 is 12.6 Å². The molecule has 12 heteroatoms. The summed E-state index contributed by atoms with van der Waals surface area (Å²) < 4.78 is 42.0. The number of thioether (sulfide) groups is 2. The van der Waals surface area contributed by atoms with Gasteiger partial charge < -0.3 is 28.4 Å². The molecule has 0 spiro atoms. The van der Waals surface area contributed by atoms with Crippen molar-refractivity contribution in [1.82, 2.24) is 0 Å². The van der Waals surface area contributed by atoms with Gasteiger partial charge in [0.25, 0.3) is 0 Å². The molecule has 11 aliphatic rings. The molecule has 10 nitrogen and oxygen atoms in total. The van der Waals surface area contributed by atoms with Crippen LogP contribution in [0.2, 0.25) is 0 Å². The Balaban J connectivity index is 0.919. The third kappa shape index (κ3) is 8.59. The zero-order chi connectivity index (χ0) is 52.5. The van der Waals surface area contributed by atoms with Crippen LogP contribution in [0.15, 0.2) is 70.5 Å². The van der Waals surface area contributed by atoms with E-state index in [0.717, 1.165) is 113 Å². The van der Waals surface area contributed by atoms with E-state index in [1.165, 1.54) is 0 Å². The van der Waals surface area contributed by atoms with Crippen molar-refractivity contribution < 1.29 is 47.6 Å². The van der Waals surface area contributed by atoms with Gasteiger partial charge in [0.2, 0.25) is 12.6 Å². The number of ether oxygens (including phenoxy) is 6. The van der Waals surface area contributed by atoms with Crippen molar-refractivity contribution >= 4 is 47.4 Å². The Kier molecular flexibility index (Phi) is 13.7. The summed E-state index contributed by atoms with van der Waals surface area (Å²) in [6.45, 7) is 13.3. The van der Waals surface area contributed by atoms with Gasteiger partial charge in [-0.2, -0.15) is 0 Å². The van der Waals surface area contributed by atoms with Crippen molar-refractivity contribution in [2.75, 3.05) is 0 Å². The summed E-state index contributed by atoms with van der Waals surface area (Å²) in [5.41, 5.74) is -0.453. The monoisotopic (exact) mass is 1080 g/mol. The second-order valence-electron chi connectivity index (χ2n) is 27.4. The summed E-state index contributed by atoms with van der Waals surface area (Å²) in [6.07, 6.45) is 15.8. The third-order valence-corrected chi connectivity index (χ3v) is 27.0. The number of carbonyl (C=O) groups is 4. The van der Waals surface area contributed by atoms with Crippen LogP contribution in [0.4, 0.5) is 0 Å². The van der Waals surface area contributed by atoms with Crippen molar-refractivity contribution in [3.05, 3.63) is 60.7 Å². The number of esters is 4. The van der Waals surface area contributed by atoms with Crippen LogP contribution in [-0.2, 0) is 47.6 Å². The average Bonchev–Trinajstić information content (AvgIpc) is 4.00. The van der Waals surface area contributed by atoms with E-state index in [4.69, 9.17) is 28.4 Å². The molecule has 2 aromatic rings. The molecule has 6 unspecified atom stereocenters. The molecule has 0 amide bonds. The van der Waals surface area contributed by atoms with Crippen LogP contribution in [-0.4, -0.2) is 71.4 Å². The fourth-order valence-electron chi connectivity index (χ4n) is 21.1. The number of hydrogen-bond acceptors (Lipinski definition) is 12. The van der Waals surface area contributed by atoms with Crippen molar-refractivity contribution in [3.8, 4) is 0 Å². The van der Waals surface area contributed by atoms with Crippen LogP contribution in [0, 0.1) is 92.7 Å². The number of carbonyl (C=O) groups excluding carboxylic acids is 4. The van der Waals surface area contributed by atoms with Crippen LogP contribution in [0.1, 0.15) is 157 Å². The second-order valence-corrected chi connectivity index (χ2v) is 29.9. The Hall–Kier alpha value is -3.06. The van der Waals surface area contributed by atoms with E-state index in [0.29, 0.717) is 60.2 Å². The Morgan fingerprint density at radius 2 is 0.855 bits per heavy atom. The molecule has 8 saturated carbocycles. The number of hydrogen-bond donors (Lipinski definition) is 0. The molecule has 24 atom stereocenters. The van der Waals surface area contributed by atoms with E-state index in [9.17, 15) is 19.2 Å². The Bertz CT molecular complexity index is 2360. The lowest BCUT2D eigenvalue weighted by Gasteiger charge is -2.65. The lowest BCUT2D eigenvalue weighted by Crippen LogP contribution is -2.64. The quantitative estimate of drug-likeness (QED) is 0.155. The first-order valence-electron chi connectivity index (χ1n) is 30.0. The maximum Gasteiger partial charge on any atom is 0.321 e. The summed E-state index contributed by atoms with van der Waals surface area (Å²) in [6, 6.07) is 20.7. The van der Waals surface area contributed by atoms with Crippen molar-refractivity contribution in [1.29, 1.82) is 0 Å². The molecule has 3 saturated heterocycles. The SMILES string of the molecule is CC(=O)O[C@H]1CC[C@@]2(C)[C@H](CC[C@@H]3[C@@H]2C[C@@H]2OC4OC(=O)C(Sc5ccccc5)CC4[C@H]4CC[C@H]5[C@@H]6CC[C@@H]7C[C@@H](OC(C)=O)CC[C@]7(C)[C@H]6C[C@H](OC6OC(=O)C(Sc7ccccc7)CC6[C@H]6CC[C@@H]3[C@]26C)[C@]45C)C1. The van der Waals surface area contributed by atoms with Crippen LogP contribution in [0.5, 0.6) is 0 Å². The predicted octanol–water partition coefficient (Wildman–Crippen LogP) is 13.3. The van der Waals surface area contributed by atoms with Gasteiger partial charge in [-0.25, -0.2) is 0 Å². The van der Waals surface area contributed by atoms with E-state index in [1.807, 2.05) is 12.1 Å². The molecule has 3 aliphatic heterocycles. The van der Waals surface area contributed by atoms with Crippen LogP contribution in [0.25, 0.3) is 0 Å². The standard InChI is InChI=1S/C64H84O10S2/c1-35(65)69-39-25-27-61(3)37(29-39)17-19-43-47-21-23-49-45-31-53(75-41-13-9-7-10-14-41)58(68)74-60(45)72-56-34-52-44(20-18-38-30-40(70-36(2)66)26-28-62(38,52)4)48-22-24-50(64(48,56)6)46-32-54(76-42-15-11-8-12-16-42)57(67)73-59(46)71-55(33-51(43)61)63(47,49)5/h7-16,37-40,43-56,59-60H,17-34H2,1-6H3/t37-,38-,39+,40+,43+,44+,45?,46?,47+,48+,49-,50-,51+,52+,53?,54?,55+,56+,59?,60?,61+,62+,63+,64+/m1/s1. The fourth-order valence-corrected chi connectivity index (χ4v) is 23.4. The second kappa shape index (κ2) is 19.9. The highest BCUT2D eigenvalue weighted by Crippen LogP contribution is 2.73. The van der Waals surface area contributed by atoms with Gasteiger partial charge in [0.1, 0.15) is 22.7 Å². The average molecular weight is 1080 g/mol. The predicted molar refractivity (Wildman–Crippen MR) is 290 cm³/mol. The summed E-state index contributed by atoms with van der Waals surface area (Å²) in [5.74, 6) is 3.05. The maximum atomic E-state index is 14.8. The normalized spacial score (nSPS) is 49.1. The van der Waals surface area contributed by atoms with Gasteiger partial charge in [-0.05, 0) is 210 Å². The lowest BCUT2D eigenvalue weighted by molar-refractivity contribution is -0.304. The molecule has 2 aromatic carbocycles. The molecule has 11 fully saturated rings. The van der Waals surface area contributed by atoms with E-state index in [1.54, 1.807) is 37.4 Å². The van der Waals surface area contributed by atoms with E-state index >= 15 is 0 Å². The summed E-state index contributed by atoms with van der Waals surface area (Å²) in [7, 11) is 0. The van der Waals surface area contributed by atoms with E-state index in [-0.39, 0.29) is 104 Å². The maximum absolute atomic E-state index is 14.8. The molecular weight excluding hydrogens is 993 g/mol. The molecule has 0 bridgehead atoms.